The van der Waals surface area contributed by atoms with E-state index >= 15 is 0 Å². The Kier molecular flexibility index (Phi) is 3.62. The Bertz CT molecular complexity index is 785. The van der Waals surface area contributed by atoms with E-state index in [9.17, 15) is 14.7 Å². The second-order valence-electron chi connectivity index (χ2n) is 5.51. The summed E-state index contributed by atoms with van der Waals surface area (Å²) >= 11 is 0. The van der Waals surface area contributed by atoms with Crippen LogP contribution in [0.1, 0.15) is 31.8 Å². The molecule has 0 amide bonds. The van der Waals surface area contributed by atoms with Gasteiger partial charge in [0, 0.05) is 16.7 Å². The predicted octanol–water partition coefficient (Wildman–Crippen LogP) is 2.83. The van der Waals surface area contributed by atoms with Crippen molar-refractivity contribution in [3.05, 3.63) is 77.4 Å². The van der Waals surface area contributed by atoms with Crippen molar-refractivity contribution < 1.29 is 19.4 Å². The molecule has 0 radical (unpaired) electrons. The van der Waals surface area contributed by atoms with Crippen molar-refractivity contribution in [3.63, 3.8) is 0 Å². The number of carbonyl (C=O) groups is 2. The molecule has 2 aromatic rings. The van der Waals surface area contributed by atoms with Crippen LogP contribution in [-0.2, 0) is 5.60 Å². The summed E-state index contributed by atoms with van der Waals surface area (Å²) in [5, 5.41) is 11.0. The number of rotatable bonds is 4. The van der Waals surface area contributed by atoms with Crippen LogP contribution in [0.2, 0.25) is 0 Å². The van der Waals surface area contributed by atoms with Crippen molar-refractivity contribution >= 4 is 11.6 Å². The van der Waals surface area contributed by atoms with Gasteiger partial charge in [0.25, 0.3) is 0 Å². The average molecular weight is 308 g/mol. The summed E-state index contributed by atoms with van der Waals surface area (Å²) in [5.74, 6) is -0.933. The maximum atomic E-state index is 12.7. The normalized spacial score (nSPS) is 15.4. The number of hydrogen-bond acceptors (Lipinski definition) is 4. The van der Waals surface area contributed by atoms with E-state index in [1.54, 1.807) is 48.5 Å². The highest BCUT2D eigenvalue weighted by molar-refractivity contribution is 6.32. The van der Waals surface area contributed by atoms with Crippen LogP contribution in [0.3, 0.4) is 0 Å². The molecule has 116 valence electrons. The first kappa shape index (κ1) is 15.2. The smallest absolute Gasteiger partial charge is 0.220 e. The Morgan fingerprint density at radius 1 is 1.13 bits per heavy atom. The van der Waals surface area contributed by atoms with Crippen LogP contribution in [0.4, 0.5) is 0 Å². The van der Waals surface area contributed by atoms with Crippen molar-refractivity contribution in [2.75, 3.05) is 6.61 Å². The lowest BCUT2D eigenvalue weighted by Crippen LogP contribution is -2.38. The maximum Gasteiger partial charge on any atom is 0.220 e. The molecule has 23 heavy (non-hydrogen) atoms. The van der Waals surface area contributed by atoms with Crippen molar-refractivity contribution in [2.45, 2.75) is 12.5 Å². The van der Waals surface area contributed by atoms with Gasteiger partial charge in [-0.25, -0.2) is 0 Å². The van der Waals surface area contributed by atoms with Crippen LogP contribution >= 0.6 is 0 Å². The largest absolute Gasteiger partial charge is 0.489 e. The lowest BCUT2D eigenvalue weighted by Gasteiger charge is -2.23. The zero-order valence-corrected chi connectivity index (χ0v) is 12.7. The molecule has 0 unspecified atom stereocenters. The SMILES string of the molecule is C=CCOc1cc(C)ccc1C1(O)C(=O)c2ccccc2C1=O. The van der Waals surface area contributed by atoms with Crippen molar-refractivity contribution in [1.82, 2.24) is 0 Å². The molecule has 0 bridgehead atoms. The van der Waals surface area contributed by atoms with E-state index in [1.165, 1.54) is 0 Å². The van der Waals surface area contributed by atoms with Crippen LogP contribution < -0.4 is 4.74 Å². The number of fused-ring (bicyclic) bond motifs is 1. The molecule has 0 spiro atoms. The molecule has 0 aliphatic heterocycles. The van der Waals surface area contributed by atoms with Gasteiger partial charge >= 0.3 is 0 Å². The molecule has 0 saturated heterocycles. The summed E-state index contributed by atoms with van der Waals surface area (Å²) in [6.07, 6.45) is 1.56. The van der Waals surface area contributed by atoms with Crippen LogP contribution in [0.5, 0.6) is 5.75 Å². The topological polar surface area (TPSA) is 63.6 Å². The van der Waals surface area contributed by atoms with Gasteiger partial charge in [0.15, 0.2) is 0 Å². The maximum absolute atomic E-state index is 12.7. The molecule has 1 aliphatic rings. The number of ether oxygens (including phenoxy) is 1. The zero-order valence-electron chi connectivity index (χ0n) is 12.7. The second kappa shape index (κ2) is 5.48. The van der Waals surface area contributed by atoms with Gasteiger partial charge in [0.1, 0.15) is 12.4 Å². The van der Waals surface area contributed by atoms with Gasteiger partial charge in [0.05, 0.1) is 0 Å². The van der Waals surface area contributed by atoms with Gasteiger partial charge in [-0.2, -0.15) is 0 Å². The molecule has 4 heteroatoms. The minimum absolute atomic E-state index is 0.163. The standard InChI is InChI=1S/C19H16O4/c1-3-10-23-16-11-12(2)8-9-15(16)19(22)17(20)13-6-4-5-7-14(13)18(19)21/h3-9,11,22H,1,10H2,2H3. The molecule has 0 heterocycles. The van der Waals surface area contributed by atoms with Crippen molar-refractivity contribution in [2.24, 2.45) is 0 Å². The van der Waals surface area contributed by atoms with Gasteiger partial charge in [0.2, 0.25) is 17.2 Å². The minimum atomic E-state index is -2.24. The highest BCUT2D eigenvalue weighted by atomic mass is 16.5. The van der Waals surface area contributed by atoms with Gasteiger partial charge in [-0.3, -0.25) is 9.59 Å². The van der Waals surface area contributed by atoms with Crippen molar-refractivity contribution in [3.8, 4) is 5.75 Å². The summed E-state index contributed by atoms with van der Waals surface area (Å²) < 4.78 is 5.56. The highest BCUT2D eigenvalue weighted by Crippen LogP contribution is 2.41. The number of benzene rings is 2. The molecule has 3 rings (SSSR count). The van der Waals surface area contributed by atoms with E-state index in [0.29, 0.717) is 5.75 Å². The van der Waals surface area contributed by atoms with Crippen LogP contribution in [0, 0.1) is 6.92 Å². The Morgan fingerprint density at radius 2 is 1.74 bits per heavy atom. The van der Waals surface area contributed by atoms with E-state index in [2.05, 4.69) is 6.58 Å². The van der Waals surface area contributed by atoms with Crippen molar-refractivity contribution in [1.29, 1.82) is 0 Å². The Morgan fingerprint density at radius 3 is 2.30 bits per heavy atom. The molecule has 2 aromatic carbocycles. The molecule has 0 atom stereocenters. The molecule has 1 aliphatic carbocycles. The van der Waals surface area contributed by atoms with E-state index < -0.39 is 17.2 Å². The lowest BCUT2D eigenvalue weighted by molar-refractivity contribution is 0.0311. The fourth-order valence-electron chi connectivity index (χ4n) is 2.81. The third kappa shape index (κ3) is 2.19. The van der Waals surface area contributed by atoms with E-state index in [4.69, 9.17) is 4.74 Å². The third-order valence-electron chi connectivity index (χ3n) is 3.96. The number of aryl methyl sites for hydroxylation is 1. The molecule has 0 saturated carbocycles. The Labute approximate surface area is 134 Å². The molecular formula is C19H16O4. The van der Waals surface area contributed by atoms with Gasteiger partial charge in [-0.15, -0.1) is 0 Å². The summed E-state index contributed by atoms with van der Waals surface area (Å²) in [7, 11) is 0. The fraction of sp³-hybridized carbons (Fsp3) is 0.158. The predicted molar refractivity (Wildman–Crippen MR) is 85.9 cm³/mol. The molecule has 0 fully saturated rings. The molecule has 0 aromatic heterocycles. The van der Waals surface area contributed by atoms with Gasteiger partial charge < -0.3 is 9.84 Å². The number of hydrogen-bond donors (Lipinski definition) is 1. The highest BCUT2D eigenvalue weighted by Gasteiger charge is 2.54. The van der Waals surface area contributed by atoms with Gasteiger partial charge in [-0.05, 0) is 18.6 Å². The molecule has 4 nitrogen and oxygen atoms in total. The lowest BCUT2D eigenvalue weighted by atomic mass is 9.87. The third-order valence-corrected chi connectivity index (χ3v) is 3.96. The quantitative estimate of drug-likeness (QED) is 0.697. The first-order valence-corrected chi connectivity index (χ1v) is 7.26. The second-order valence-corrected chi connectivity index (χ2v) is 5.51. The first-order chi connectivity index (χ1) is 11.0. The number of Topliss-reactive ketones (excluding diaryl/α,β-unsaturated/α-hetero) is 2. The Balaban J connectivity index is 2.17. The van der Waals surface area contributed by atoms with E-state index in [0.717, 1.165) is 5.56 Å². The summed E-state index contributed by atoms with van der Waals surface area (Å²) in [6, 6.07) is 11.4. The number of aliphatic hydroxyl groups is 1. The molecule has 1 N–H and O–H groups in total. The van der Waals surface area contributed by atoms with Crippen LogP contribution in [0.15, 0.2) is 55.1 Å². The van der Waals surface area contributed by atoms with E-state index in [-0.39, 0.29) is 23.3 Å². The monoisotopic (exact) mass is 308 g/mol. The zero-order chi connectivity index (χ0) is 16.6. The molecular weight excluding hydrogens is 292 g/mol. The summed E-state index contributed by atoms with van der Waals surface area (Å²) in [6.45, 7) is 5.66. The summed E-state index contributed by atoms with van der Waals surface area (Å²) in [4.78, 5) is 25.4. The number of ketones is 2. The fourth-order valence-corrected chi connectivity index (χ4v) is 2.81. The Hall–Kier alpha value is -2.72. The average Bonchev–Trinajstić information content (AvgIpc) is 2.76. The minimum Gasteiger partial charge on any atom is -0.489 e. The summed E-state index contributed by atoms with van der Waals surface area (Å²) in [5.41, 5.74) is -0.720. The first-order valence-electron chi connectivity index (χ1n) is 7.26. The van der Waals surface area contributed by atoms with Gasteiger partial charge in [-0.1, -0.05) is 49.1 Å². The van der Waals surface area contributed by atoms with Crippen LogP contribution in [-0.4, -0.2) is 23.3 Å². The van der Waals surface area contributed by atoms with E-state index in [1.807, 2.05) is 6.92 Å². The van der Waals surface area contributed by atoms with Crippen LogP contribution in [0.25, 0.3) is 0 Å². The number of carbonyl (C=O) groups excluding carboxylic acids is 2.